The molecule has 1 aliphatic heterocycles. The Hall–Kier alpha value is -3.52. The smallest absolute Gasteiger partial charge is 0.271 e. The second-order valence-electron chi connectivity index (χ2n) is 7.34. The molecule has 0 spiro atoms. The van der Waals surface area contributed by atoms with Gasteiger partial charge in [0.2, 0.25) is 5.91 Å². The van der Waals surface area contributed by atoms with Gasteiger partial charge in [0.15, 0.2) is 5.82 Å². The van der Waals surface area contributed by atoms with Crippen LogP contribution in [0.5, 0.6) is 0 Å². The molecule has 2 heterocycles. The predicted octanol–water partition coefficient (Wildman–Crippen LogP) is 4.56. The van der Waals surface area contributed by atoms with Crippen LogP contribution in [0, 0.1) is 16.0 Å². The fourth-order valence-electron chi connectivity index (χ4n) is 3.58. The van der Waals surface area contributed by atoms with Crippen molar-refractivity contribution in [3.63, 3.8) is 0 Å². The number of non-ortho nitro benzene ring substituents is 1. The van der Waals surface area contributed by atoms with Gasteiger partial charge in [0.25, 0.3) is 5.69 Å². The Labute approximate surface area is 184 Å². The summed E-state index contributed by atoms with van der Waals surface area (Å²) in [5.74, 6) is 0.497. The first-order chi connectivity index (χ1) is 15.0. The van der Waals surface area contributed by atoms with Crippen LogP contribution in [-0.4, -0.2) is 34.1 Å². The number of nitrogens with one attached hydrogen (secondary N) is 1. The van der Waals surface area contributed by atoms with Crippen LogP contribution < -0.4 is 10.2 Å². The fraction of sp³-hybridized carbons (Fsp3) is 0.227. The van der Waals surface area contributed by atoms with E-state index in [0.717, 1.165) is 17.1 Å². The van der Waals surface area contributed by atoms with Crippen molar-refractivity contribution in [2.45, 2.75) is 12.8 Å². The van der Waals surface area contributed by atoms with Crippen molar-refractivity contribution in [3.8, 4) is 11.3 Å². The number of nitro groups is 1. The SMILES string of the molecule is O=C(Nc1cccc([N+](=O)[O-])c1)C1CCN(c2ccc(-c3ccc(Cl)cc3)nn2)CC1. The highest BCUT2D eigenvalue weighted by atomic mass is 35.5. The highest BCUT2D eigenvalue weighted by Gasteiger charge is 2.26. The molecule has 1 fully saturated rings. The van der Waals surface area contributed by atoms with Crippen molar-refractivity contribution < 1.29 is 9.72 Å². The third kappa shape index (κ3) is 4.97. The van der Waals surface area contributed by atoms with Gasteiger partial charge in [-0.05, 0) is 43.2 Å². The van der Waals surface area contributed by atoms with E-state index >= 15 is 0 Å². The molecule has 0 unspecified atom stereocenters. The largest absolute Gasteiger partial charge is 0.355 e. The molecule has 3 aromatic rings. The Morgan fingerprint density at radius 2 is 1.81 bits per heavy atom. The van der Waals surface area contributed by atoms with Gasteiger partial charge in [-0.25, -0.2) is 0 Å². The van der Waals surface area contributed by atoms with Crippen molar-refractivity contribution in [1.82, 2.24) is 10.2 Å². The van der Waals surface area contributed by atoms with Crippen LogP contribution in [0.3, 0.4) is 0 Å². The lowest BCUT2D eigenvalue weighted by molar-refractivity contribution is -0.384. The zero-order chi connectivity index (χ0) is 21.8. The first-order valence-corrected chi connectivity index (χ1v) is 10.3. The van der Waals surface area contributed by atoms with Crippen LogP contribution >= 0.6 is 11.6 Å². The van der Waals surface area contributed by atoms with Crippen molar-refractivity contribution >= 4 is 34.7 Å². The number of halogens is 1. The number of nitro benzene ring substituents is 1. The molecule has 1 aromatic heterocycles. The van der Waals surface area contributed by atoms with Crippen LogP contribution in [0.25, 0.3) is 11.3 Å². The Bertz CT molecular complexity index is 1080. The van der Waals surface area contributed by atoms with Crippen molar-refractivity contribution in [2.75, 3.05) is 23.3 Å². The Morgan fingerprint density at radius 3 is 2.45 bits per heavy atom. The van der Waals surface area contributed by atoms with E-state index in [0.29, 0.717) is 36.6 Å². The molecular formula is C22H20ClN5O3. The minimum absolute atomic E-state index is 0.0479. The normalized spacial score (nSPS) is 14.3. The van der Waals surface area contributed by atoms with E-state index in [9.17, 15) is 14.9 Å². The van der Waals surface area contributed by atoms with E-state index in [4.69, 9.17) is 11.6 Å². The predicted molar refractivity (Wildman–Crippen MR) is 119 cm³/mol. The number of benzene rings is 2. The average molecular weight is 438 g/mol. The number of hydrogen-bond donors (Lipinski definition) is 1. The zero-order valence-electron chi connectivity index (χ0n) is 16.6. The lowest BCUT2D eigenvalue weighted by Crippen LogP contribution is -2.38. The molecule has 1 aliphatic rings. The van der Waals surface area contributed by atoms with Gasteiger partial charge in [-0.3, -0.25) is 14.9 Å². The molecule has 0 saturated carbocycles. The maximum atomic E-state index is 12.6. The summed E-state index contributed by atoms with van der Waals surface area (Å²) in [5.41, 5.74) is 2.10. The minimum Gasteiger partial charge on any atom is -0.355 e. The number of rotatable bonds is 5. The molecule has 4 rings (SSSR count). The third-order valence-corrected chi connectivity index (χ3v) is 5.56. The molecule has 8 nitrogen and oxygen atoms in total. The van der Waals surface area contributed by atoms with Gasteiger partial charge in [-0.2, -0.15) is 0 Å². The summed E-state index contributed by atoms with van der Waals surface area (Å²) >= 11 is 5.93. The van der Waals surface area contributed by atoms with Crippen molar-refractivity contribution in [3.05, 3.63) is 75.8 Å². The lowest BCUT2D eigenvalue weighted by Gasteiger charge is -2.31. The summed E-state index contributed by atoms with van der Waals surface area (Å²) in [4.78, 5) is 25.1. The average Bonchev–Trinajstić information content (AvgIpc) is 2.80. The first kappa shape index (κ1) is 20.7. The van der Waals surface area contributed by atoms with Gasteiger partial charge in [0, 0.05) is 47.4 Å². The topological polar surface area (TPSA) is 101 Å². The molecule has 1 saturated heterocycles. The number of aromatic nitrogens is 2. The van der Waals surface area contributed by atoms with Gasteiger partial charge in [-0.1, -0.05) is 29.8 Å². The number of carbonyl (C=O) groups is 1. The first-order valence-electron chi connectivity index (χ1n) is 9.89. The van der Waals surface area contributed by atoms with Gasteiger partial charge >= 0.3 is 0 Å². The van der Waals surface area contributed by atoms with Crippen LogP contribution in [0.2, 0.25) is 5.02 Å². The van der Waals surface area contributed by atoms with E-state index in [1.165, 1.54) is 12.1 Å². The molecule has 31 heavy (non-hydrogen) atoms. The summed E-state index contributed by atoms with van der Waals surface area (Å²) in [6.45, 7) is 1.37. The van der Waals surface area contributed by atoms with Gasteiger partial charge < -0.3 is 10.2 Å². The lowest BCUT2D eigenvalue weighted by atomic mass is 9.95. The summed E-state index contributed by atoms with van der Waals surface area (Å²) < 4.78 is 0. The third-order valence-electron chi connectivity index (χ3n) is 5.30. The second kappa shape index (κ2) is 9.09. The number of nitrogens with zero attached hydrogens (tertiary/aromatic N) is 4. The Balaban J connectivity index is 1.34. The highest BCUT2D eigenvalue weighted by molar-refractivity contribution is 6.30. The quantitative estimate of drug-likeness (QED) is 0.463. The molecule has 1 amide bonds. The molecule has 0 atom stereocenters. The number of carbonyl (C=O) groups excluding carboxylic acids is 1. The second-order valence-corrected chi connectivity index (χ2v) is 7.78. The Kier molecular flexibility index (Phi) is 6.08. The number of piperidine rings is 1. The van der Waals surface area contributed by atoms with E-state index in [-0.39, 0.29) is 17.5 Å². The molecule has 158 valence electrons. The molecule has 2 aromatic carbocycles. The maximum Gasteiger partial charge on any atom is 0.271 e. The molecule has 0 radical (unpaired) electrons. The summed E-state index contributed by atoms with van der Waals surface area (Å²) in [5, 5.41) is 23.0. The van der Waals surface area contributed by atoms with Gasteiger partial charge in [0.05, 0.1) is 10.6 Å². The van der Waals surface area contributed by atoms with Crippen molar-refractivity contribution in [2.24, 2.45) is 5.92 Å². The van der Waals surface area contributed by atoms with Crippen LogP contribution in [0.4, 0.5) is 17.2 Å². The molecular weight excluding hydrogens is 418 g/mol. The zero-order valence-corrected chi connectivity index (χ0v) is 17.3. The summed E-state index contributed by atoms with van der Waals surface area (Å²) in [6, 6.07) is 17.3. The van der Waals surface area contributed by atoms with Gasteiger partial charge in [-0.15, -0.1) is 10.2 Å². The fourth-order valence-corrected chi connectivity index (χ4v) is 3.71. The number of anilines is 2. The van der Waals surface area contributed by atoms with E-state index in [1.807, 2.05) is 36.4 Å². The number of amides is 1. The maximum absolute atomic E-state index is 12.6. The Morgan fingerprint density at radius 1 is 1.06 bits per heavy atom. The van der Waals surface area contributed by atoms with E-state index in [2.05, 4.69) is 20.4 Å². The molecule has 0 aliphatic carbocycles. The number of hydrogen-bond acceptors (Lipinski definition) is 6. The highest BCUT2D eigenvalue weighted by Crippen LogP contribution is 2.25. The van der Waals surface area contributed by atoms with Gasteiger partial charge in [0.1, 0.15) is 0 Å². The standard InChI is InChI=1S/C22H20ClN5O3/c23-17-6-4-15(5-7-17)20-8-9-21(26-25-20)27-12-10-16(11-13-27)22(29)24-18-2-1-3-19(14-18)28(30)31/h1-9,14,16H,10-13H2,(H,24,29). The van der Waals surface area contributed by atoms with E-state index < -0.39 is 4.92 Å². The monoisotopic (exact) mass is 437 g/mol. The minimum atomic E-state index is -0.479. The summed E-state index contributed by atoms with van der Waals surface area (Å²) in [7, 11) is 0. The van der Waals surface area contributed by atoms with Crippen LogP contribution in [-0.2, 0) is 4.79 Å². The van der Waals surface area contributed by atoms with Crippen molar-refractivity contribution in [1.29, 1.82) is 0 Å². The van der Waals surface area contributed by atoms with Crippen LogP contribution in [0.15, 0.2) is 60.7 Å². The molecule has 1 N–H and O–H groups in total. The van der Waals surface area contributed by atoms with E-state index in [1.54, 1.807) is 12.1 Å². The van der Waals surface area contributed by atoms with Crippen LogP contribution in [0.1, 0.15) is 12.8 Å². The molecule has 9 heteroatoms. The summed E-state index contributed by atoms with van der Waals surface area (Å²) in [6.07, 6.45) is 1.34. The molecule has 0 bridgehead atoms.